The lowest BCUT2D eigenvalue weighted by Gasteiger charge is -2.27. The van der Waals surface area contributed by atoms with Crippen molar-refractivity contribution < 1.29 is 13.6 Å². The van der Waals surface area contributed by atoms with Crippen molar-refractivity contribution in [3.63, 3.8) is 0 Å². The molecule has 31 heavy (non-hydrogen) atoms. The van der Waals surface area contributed by atoms with E-state index in [1.54, 1.807) is 36.4 Å². The van der Waals surface area contributed by atoms with Crippen LogP contribution in [0.1, 0.15) is 41.6 Å². The van der Waals surface area contributed by atoms with Gasteiger partial charge in [-0.05, 0) is 68.1 Å². The summed E-state index contributed by atoms with van der Waals surface area (Å²) in [5.74, 6) is -0.164. The minimum absolute atomic E-state index is 0.164. The van der Waals surface area contributed by atoms with Crippen LogP contribution >= 0.6 is 23.2 Å². The third kappa shape index (κ3) is 6.92. The Morgan fingerprint density at radius 1 is 1.19 bits per heavy atom. The zero-order valence-electron chi connectivity index (χ0n) is 17.1. The normalized spacial score (nSPS) is 17.2. The minimum atomic E-state index is -2.47. The van der Waals surface area contributed by atoms with Crippen molar-refractivity contribution in [2.45, 2.75) is 38.1 Å². The van der Waals surface area contributed by atoms with Crippen LogP contribution in [0.25, 0.3) is 0 Å². The summed E-state index contributed by atoms with van der Waals surface area (Å²) in [5.41, 5.74) is 1.75. The molecule has 6 nitrogen and oxygen atoms in total. The van der Waals surface area contributed by atoms with Gasteiger partial charge in [0.2, 0.25) is 0 Å². The molecular formula is C22H26Cl2N3O3S-. The predicted molar refractivity (Wildman–Crippen MR) is 125 cm³/mol. The van der Waals surface area contributed by atoms with Gasteiger partial charge in [0.05, 0.1) is 10.0 Å². The quantitative estimate of drug-likeness (QED) is 0.526. The van der Waals surface area contributed by atoms with Gasteiger partial charge in [-0.3, -0.25) is 9.00 Å². The van der Waals surface area contributed by atoms with Gasteiger partial charge >= 0.3 is 0 Å². The van der Waals surface area contributed by atoms with Crippen LogP contribution in [0.4, 0.5) is 5.69 Å². The molecule has 2 N–H and O–H groups in total. The molecule has 0 radical (unpaired) electrons. The number of piperidine rings is 1. The second-order valence-electron chi connectivity index (χ2n) is 7.52. The Morgan fingerprint density at radius 2 is 1.97 bits per heavy atom. The van der Waals surface area contributed by atoms with Gasteiger partial charge in [-0.1, -0.05) is 41.8 Å². The van der Waals surface area contributed by atoms with Crippen LogP contribution in [0.2, 0.25) is 10.0 Å². The number of hydrogen-bond acceptors (Lipinski definition) is 4. The first-order valence-corrected chi connectivity index (χ1v) is 12.2. The van der Waals surface area contributed by atoms with Crippen LogP contribution in [0.5, 0.6) is 0 Å². The molecule has 0 saturated carbocycles. The van der Waals surface area contributed by atoms with Crippen molar-refractivity contribution in [2.75, 3.05) is 23.9 Å². The molecule has 0 bridgehead atoms. The van der Waals surface area contributed by atoms with Crippen LogP contribution in [0.15, 0.2) is 42.5 Å². The largest absolute Gasteiger partial charge is 0.755 e. The third-order valence-corrected chi connectivity index (χ3v) is 7.02. The maximum Gasteiger partial charge on any atom is 0.251 e. The average molecular weight is 483 g/mol. The predicted octanol–water partition coefficient (Wildman–Crippen LogP) is 4.10. The number of halogens is 2. The summed E-state index contributed by atoms with van der Waals surface area (Å²) in [4.78, 5) is 12.4. The first-order valence-electron chi connectivity index (χ1n) is 10.4. The summed E-state index contributed by atoms with van der Waals surface area (Å²) in [6.07, 6.45) is 4.90. The lowest BCUT2D eigenvalue weighted by atomic mass is 10.0. The summed E-state index contributed by atoms with van der Waals surface area (Å²) in [5, 5.41) is 7.26. The zero-order chi connectivity index (χ0) is 22.2. The summed E-state index contributed by atoms with van der Waals surface area (Å²) >= 11 is 9.76. The molecule has 1 aliphatic rings. The molecular weight excluding hydrogens is 457 g/mol. The first kappa shape index (κ1) is 24.0. The van der Waals surface area contributed by atoms with E-state index in [0.29, 0.717) is 40.3 Å². The lowest BCUT2D eigenvalue weighted by Crippen LogP contribution is -2.37. The fourth-order valence-electron chi connectivity index (χ4n) is 3.66. The molecule has 1 fully saturated rings. The molecule has 2 unspecified atom stereocenters. The van der Waals surface area contributed by atoms with E-state index in [0.717, 1.165) is 24.9 Å². The number of carbonyl (C=O) groups excluding carboxylic acids is 1. The number of anilines is 1. The van der Waals surface area contributed by atoms with Gasteiger partial charge in [-0.15, -0.1) is 0 Å². The van der Waals surface area contributed by atoms with Crippen LogP contribution in [-0.2, 0) is 17.7 Å². The minimum Gasteiger partial charge on any atom is -0.755 e. The van der Waals surface area contributed by atoms with Crippen LogP contribution in [0.3, 0.4) is 0 Å². The highest BCUT2D eigenvalue weighted by Gasteiger charge is 2.14. The number of carbonyl (C=O) groups is 1. The van der Waals surface area contributed by atoms with Gasteiger partial charge in [-0.25, -0.2) is 0 Å². The molecule has 3 rings (SSSR count). The standard InChI is InChI=1S/C22H27Cl2N3O3S/c23-20-6-3-4-16(21(20)24)12-15-27(31(29)30)19-9-7-17(8-10-19)22(28)26-14-11-18-5-1-2-13-25-18/h3-4,6-10,18,25H,1-2,5,11-15H2,(H,26,28)(H,29,30)/p-1. The van der Waals surface area contributed by atoms with Gasteiger partial charge in [0, 0.05) is 41.6 Å². The van der Waals surface area contributed by atoms with Crippen LogP contribution in [0, 0.1) is 0 Å². The number of benzene rings is 2. The maximum atomic E-state index is 12.4. The number of nitrogens with one attached hydrogen (secondary N) is 2. The van der Waals surface area contributed by atoms with E-state index in [-0.39, 0.29) is 12.5 Å². The van der Waals surface area contributed by atoms with Gasteiger partial charge in [-0.2, -0.15) is 0 Å². The Morgan fingerprint density at radius 3 is 2.65 bits per heavy atom. The lowest BCUT2D eigenvalue weighted by molar-refractivity contribution is 0.0951. The first-order chi connectivity index (χ1) is 15.0. The second kappa shape index (κ2) is 11.8. The number of amides is 1. The molecule has 0 aromatic heterocycles. The Hall–Kier alpha value is -1.64. The fourth-order valence-corrected chi connectivity index (χ4v) is 4.61. The molecule has 1 aliphatic heterocycles. The van der Waals surface area contributed by atoms with Crippen molar-refractivity contribution in [2.24, 2.45) is 0 Å². The number of rotatable bonds is 9. The van der Waals surface area contributed by atoms with E-state index < -0.39 is 11.3 Å². The summed E-state index contributed by atoms with van der Waals surface area (Å²) < 4.78 is 24.8. The number of hydrogen-bond donors (Lipinski definition) is 2. The average Bonchev–Trinajstić information content (AvgIpc) is 2.77. The smallest absolute Gasteiger partial charge is 0.251 e. The Bertz CT molecular complexity index is 905. The summed E-state index contributed by atoms with van der Waals surface area (Å²) in [7, 11) is 0. The maximum absolute atomic E-state index is 12.4. The fraction of sp³-hybridized carbons (Fsp3) is 0.409. The van der Waals surface area contributed by atoms with Gasteiger partial charge in [0.25, 0.3) is 5.91 Å². The molecule has 2 atom stereocenters. The van der Waals surface area contributed by atoms with Crippen molar-refractivity contribution >= 4 is 46.1 Å². The molecule has 1 saturated heterocycles. The molecule has 0 aliphatic carbocycles. The summed E-state index contributed by atoms with van der Waals surface area (Å²) in [6.45, 7) is 1.85. The Balaban J connectivity index is 1.56. The van der Waals surface area contributed by atoms with E-state index in [9.17, 15) is 13.6 Å². The Kier molecular flexibility index (Phi) is 9.16. The van der Waals surface area contributed by atoms with E-state index >= 15 is 0 Å². The molecule has 9 heteroatoms. The van der Waals surface area contributed by atoms with E-state index in [1.165, 1.54) is 17.1 Å². The van der Waals surface area contributed by atoms with E-state index in [1.807, 2.05) is 6.07 Å². The second-order valence-corrected chi connectivity index (χ2v) is 9.18. The van der Waals surface area contributed by atoms with Crippen molar-refractivity contribution in [1.82, 2.24) is 10.6 Å². The van der Waals surface area contributed by atoms with Crippen LogP contribution < -0.4 is 14.9 Å². The van der Waals surface area contributed by atoms with E-state index in [4.69, 9.17) is 23.2 Å². The van der Waals surface area contributed by atoms with Gasteiger partial charge in [0.15, 0.2) is 0 Å². The Labute approximate surface area is 195 Å². The van der Waals surface area contributed by atoms with E-state index in [2.05, 4.69) is 10.6 Å². The SMILES string of the molecule is O=C(NCCC1CCCCN1)c1ccc(N(CCc2cccc(Cl)c2Cl)S(=O)[O-])cc1. The highest BCUT2D eigenvalue weighted by Crippen LogP contribution is 2.26. The third-order valence-electron chi connectivity index (χ3n) is 5.40. The number of nitrogens with zero attached hydrogens (tertiary/aromatic N) is 1. The highest BCUT2D eigenvalue weighted by atomic mass is 35.5. The molecule has 2 aromatic carbocycles. The summed E-state index contributed by atoms with van der Waals surface area (Å²) in [6, 6.07) is 12.3. The zero-order valence-corrected chi connectivity index (χ0v) is 19.4. The van der Waals surface area contributed by atoms with Crippen molar-refractivity contribution in [3.05, 3.63) is 63.6 Å². The van der Waals surface area contributed by atoms with Crippen LogP contribution in [-0.4, -0.2) is 40.3 Å². The molecule has 1 amide bonds. The monoisotopic (exact) mass is 482 g/mol. The topological polar surface area (TPSA) is 84.5 Å². The highest BCUT2D eigenvalue weighted by molar-refractivity contribution is 7.80. The van der Waals surface area contributed by atoms with Crippen molar-refractivity contribution in [1.29, 1.82) is 0 Å². The molecule has 2 aromatic rings. The molecule has 168 valence electrons. The van der Waals surface area contributed by atoms with Gasteiger partial charge in [0.1, 0.15) is 0 Å². The molecule has 1 heterocycles. The van der Waals surface area contributed by atoms with Crippen molar-refractivity contribution in [3.8, 4) is 0 Å². The molecule has 0 spiro atoms. The van der Waals surface area contributed by atoms with Gasteiger partial charge < -0.3 is 19.5 Å².